The maximum Gasteiger partial charge on any atom is 0.343 e. The van der Waals surface area contributed by atoms with Gasteiger partial charge in [-0.25, -0.2) is 9.18 Å². The molecule has 8 heteroatoms. The highest BCUT2D eigenvalue weighted by atomic mass is 35.5. The number of halogens is 2. The summed E-state index contributed by atoms with van der Waals surface area (Å²) in [5, 5.41) is 2.16. The van der Waals surface area contributed by atoms with Crippen molar-refractivity contribution in [2.75, 3.05) is 27.2 Å². The lowest BCUT2D eigenvalue weighted by Crippen LogP contribution is -2.38. The van der Waals surface area contributed by atoms with Crippen molar-refractivity contribution >= 4 is 29.4 Å². The van der Waals surface area contributed by atoms with Crippen molar-refractivity contribution in [3.8, 4) is 0 Å². The Bertz CT molecular complexity index is 543. The first-order valence-electron chi connectivity index (χ1n) is 5.91. The largest absolute Gasteiger partial charge is 0.452 e. The number of esters is 1. The van der Waals surface area contributed by atoms with Gasteiger partial charge in [0.2, 0.25) is 5.91 Å². The smallest absolute Gasteiger partial charge is 0.343 e. The summed E-state index contributed by atoms with van der Waals surface area (Å²) < 4.78 is 18.1. The average molecular weight is 317 g/mol. The molecule has 0 heterocycles. The maximum absolute atomic E-state index is 13.4. The van der Waals surface area contributed by atoms with Crippen molar-refractivity contribution < 1.29 is 23.5 Å². The molecule has 6 nitrogen and oxygen atoms in total. The van der Waals surface area contributed by atoms with Gasteiger partial charge in [0.15, 0.2) is 6.61 Å². The van der Waals surface area contributed by atoms with Gasteiger partial charge in [0, 0.05) is 14.1 Å². The Hall–Kier alpha value is -2.15. The highest BCUT2D eigenvalue weighted by Crippen LogP contribution is 2.19. The lowest BCUT2D eigenvalue weighted by molar-refractivity contribution is -0.131. The molecule has 114 valence electrons. The highest BCUT2D eigenvalue weighted by Gasteiger charge is 2.18. The van der Waals surface area contributed by atoms with Crippen molar-refractivity contribution in [1.29, 1.82) is 0 Å². The minimum absolute atomic E-state index is 0.108. The van der Waals surface area contributed by atoms with E-state index in [0.29, 0.717) is 0 Å². The molecular formula is C13H14ClFN2O4. The number of ether oxygens (including phenoxy) is 1. The third kappa shape index (κ3) is 5.03. The number of carbonyl (C=O) groups is 3. The second-order valence-corrected chi connectivity index (χ2v) is 4.64. The second kappa shape index (κ2) is 7.58. The Balaban J connectivity index is 2.50. The van der Waals surface area contributed by atoms with Crippen LogP contribution in [0.2, 0.25) is 5.02 Å². The van der Waals surface area contributed by atoms with E-state index >= 15 is 0 Å². The zero-order valence-corrected chi connectivity index (χ0v) is 12.2. The maximum atomic E-state index is 13.4. The Labute approximate surface area is 125 Å². The van der Waals surface area contributed by atoms with Gasteiger partial charge in [-0.2, -0.15) is 0 Å². The van der Waals surface area contributed by atoms with Crippen LogP contribution < -0.4 is 5.32 Å². The van der Waals surface area contributed by atoms with Gasteiger partial charge in [0.1, 0.15) is 11.4 Å². The van der Waals surface area contributed by atoms with Crippen molar-refractivity contribution in [2.45, 2.75) is 0 Å². The molecule has 0 spiro atoms. The molecule has 0 saturated heterocycles. The Morgan fingerprint density at radius 3 is 2.57 bits per heavy atom. The van der Waals surface area contributed by atoms with Crippen LogP contribution in [0.1, 0.15) is 10.4 Å². The van der Waals surface area contributed by atoms with Gasteiger partial charge in [-0.1, -0.05) is 17.7 Å². The number of amides is 2. The van der Waals surface area contributed by atoms with E-state index in [2.05, 4.69) is 10.1 Å². The predicted molar refractivity (Wildman–Crippen MR) is 73.4 cm³/mol. The SMILES string of the molecule is CN(C)C(=O)CNC(=O)COC(=O)c1c(F)cccc1Cl. The van der Waals surface area contributed by atoms with Crippen molar-refractivity contribution in [3.05, 3.63) is 34.6 Å². The average Bonchev–Trinajstić information content (AvgIpc) is 2.42. The molecule has 0 radical (unpaired) electrons. The molecule has 0 aliphatic heterocycles. The molecule has 21 heavy (non-hydrogen) atoms. The van der Waals surface area contributed by atoms with Gasteiger partial charge in [0.25, 0.3) is 5.91 Å². The molecule has 0 aromatic heterocycles. The molecule has 1 aromatic carbocycles. The van der Waals surface area contributed by atoms with Gasteiger partial charge < -0.3 is 15.0 Å². The van der Waals surface area contributed by atoms with Crippen LogP contribution in [0.3, 0.4) is 0 Å². The van der Waals surface area contributed by atoms with Crippen molar-refractivity contribution in [1.82, 2.24) is 10.2 Å². The van der Waals surface area contributed by atoms with Crippen LogP contribution in [0.5, 0.6) is 0 Å². The van der Waals surface area contributed by atoms with E-state index in [9.17, 15) is 18.8 Å². The van der Waals surface area contributed by atoms with Crippen LogP contribution in [0, 0.1) is 5.82 Å². The number of nitrogens with one attached hydrogen (secondary N) is 1. The molecule has 1 rings (SSSR count). The first-order valence-corrected chi connectivity index (χ1v) is 6.28. The Morgan fingerprint density at radius 1 is 1.33 bits per heavy atom. The molecule has 1 N–H and O–H groups in total. The monoisotopic (exact) mass is 316 g/mol. The summed E-state index contributed by atoms with van der Waals surface area (Å²) in [5.41, 5.74) is -0.434. The fourth-order valence-corrected chi connectivity index (χ4v) is 1.52. The predicted octanol–water partition coefficient (Wildman–Crippen LogP) is 0.840. The number of benzene rings is 1. The summed E-state index contributed by atoms with van der Waals surface area (Å²) in [6, 6.07) is 3.73. The normalized spacial score (nSPS) is 9.90. The van der Waals surface area contributed by atoms with Gasteiger partial charge in [-0.3, -0.25) is 9.59 Å². The van der Waals surface area contributed by atoms with Crippen LogP contribution >= 0.6 is 11.6 Å². The molecule has 2 amide bonds. The summed E-state index contributed by atoms with van der Waals surface area (Å²) in [4.78, 5) is 35.6. The molecule has 0 bridgehead atoms. The van der Waals surface area contributed by atoms with Gasteiger partial charge >= 0.3 is 5.97 Å². The van der Waals surface area contributed by atoms with E-state index in [1.54, 1.807) is 0 Å². The fraction of sp³-hybridized carbons (Fsp3) is 0.308. The first kappa shape index (κ1) is 16.9. The van der Waals surface area contributed by atoms with Gasteiger partial charge in [-0.05, 0) is 12.1 Å². The Kier molecular flexibility index (Phi) is 6.10. The van der Waals surface area contributed by atoms with Crippen molar-refractivity contribution in [2.24, 2.45) is 0 Å². The van der Waals surface area contributed by atoms with Gasteiger partial charge in [0.05, 0.1) is 11.6 Å². The second-order valence-electron chi connectivity index (χ2n) is 4.24. The molecule has 0 saturated carbocycles. The molecule has 0 aliphatic carbocycles. The number of hydrogen-bond donors (Lipinski definition) is 1. The van der Waals surface area contributed by atoms with E-state index in [4.69, 9.17) is 11.6 Å². The summed E-state index contributed by atoms with van der Waals surface area (Å²) in [6.45, 7) is -0.853. The minimum Gasteiger partial charge on any atom is -0.452 e. The number of hydrogen-bond acceptors (Lipinski definition) is 4. The number of nitrogens with zero attached hydrogens (tertiary/aromatic N) is 1. The van der Waals surface area contributed by atoms with Crippen LogP contribution in [-0.4, -0.2) is 49.9 Å². The summed E-state index contributed by atoms with van der Waals surface area (Å²) in [7, 11) is 3.07. The van der Waals surface area contributed by atoms with Crippen LogP contribution in [-0.2, 0) is 14.3 Å². The molecular weight excluding hydrogens is 303 g/mol. The summed E-state index contributed by atoms with van der Waals surface area (Å²) >= 11 is 5.69. The van der Waals surface area contributed by atoms with E-state index in [-0.39, 0.29) is 17.5 Å². The van der Waals surface area contributed by atoms with Crippen LogP contribution in [0.4, 0.5) is 4.39 Å². The Morgan fingerprint density at radius 2 is 2.00 bits per heavy atom. The van der Waals surface area contributed by atoms with E-state index < -0.39 is 29.9 Å². The third-order valence-electron chi connectivity index (χ3n) is 2.44. The molecule has 0 aliphatic rings. The standard InChI is InChI=1S/C13H14ClFN2O4/c1-17(2)11(19)6-16-10(18)7-21-13(20)12-8(14)4-3-5-9(12)15/h3-5H,6-7H2,1-2H3,(H,16,18). The third-order valence-corrected chi connectivity index (χ3v) is 2.75. The van der Waals surface area contributed by atoms with Crippen LogP contribution in [0.15, 0.2) is 18.2 Å². The first-order chi connectivity index (χ1) is 9.82. The highest BCUT2D eigenvalue weighted by molar-refractivity contribution is 6.33. The number of likely N-dealkylation sites (N-methyl/N-ethyl adjacent to an activating group) is 1. The topological polar surface area (TPSA) is 75.7 Å². The molecule has 1 aromatic rings. The molecule has 0 unspecified atom stereocenters. The lowest BCUT2D eigenvalue weighted by atomic mass is 10.2. The quantitative estimate of drug-likeness (QED) is 0.817. The number of rotatable bonds is 5. The van der Waals surface area contributed by atoms with E-state index in [1.807, 2.05) is 0 Å². The zero-order valence-electron chi connectivity index (χ0n) is 11.5. The molecule has 0 atom stereocenters. The van der Waals surface area contributed by atoms with Crippen LogP contribution in [0.25, 0.3) is 0 Å². The minimum atomic E-state index is -1.05. The summed E-state index contributed by atoms with van der Waals surface area (Å²) in [6.07, 6.45) is 0. The van der Waals surface area contributed by atoms with E-state index in [0.717, 1.165) is 6.07 Å². The number of carbonyl (C=O) groups excluding carboxylic acids is 3. The molecule has 0 fully saturated rings. The summed E-state index contributed by atoms with van der Waals surface area (Å²) in [5.74, 6) is -2.87. The van der Waals surface area contributed by atoms with Gasteiger partial charge in [-0.15, -0.1) is 0 Å². The fourth-order valence-electron chi connectivity index (χ4n) is 1.28. The van der Waals surface area contributed by atoms with E-state index in [1.165, 1.54) is 31.1 Å². The lowest BCUT2D eigenvalue weighted by Gasteiger charge is -2.11. The van der Waals surface area contributed by atoms with Crippen molar-refractivity contribution in [3.63, 3.8) is 0 Å². The zero-order chi connectivity index (χ0) is 16.0.